The van der Waals surface area contributed by atoms with E-state index in [9.17, 15) is 14.7 Å². The molecule has 5 aromatic rings. The zero-order chi connectivity index (χ0) is 25.9. The van der Waals surface area contributed by atoms with Crippen molar-refractivity contribution < 1.29 is 14.6 Å². The summed E-state index contributed by atoms with van der Waals surface area (Å²) in [6.45, 7) is 1.97. The van der Waals surface area contributed by atoms with Gasteiger partial charge < -0.3 is 9.84 Å². The number of rotatable bonds is 6. The maximum absolute atomic E-state index is 13.3. The number of ether oxygens (including phenoxy) is 1. The van der Waals surface area contributed by atoms with Gasteiger partial charge in [0, 0.05) is 27.9 Å². The Morgan fingerprint density at radius 3 is 2.43 bits per heavy atom. The van der Waals surface area contributed by atoms with Crippen LogP contribution in [0, 0.1) is 0 Å². The van der Waals surface area contributed by atoms with Gasteiger partial charge in [0.2, 0.25) is 5.88 Å². The van der Waals surface area contributed by atoms with Crippen molar-refractivity contribution in [3.8, 4) is 22.7 Å². The molecule has 3 aromatic carbocycles. The van der Waals surface area contributed by atoms with E-state index in [1.54, 1.807) is 55.5 Å². The van der Waals surface area contributed by atoms with Crippen molar-refractivity contribution in [2.24, 2.45) is 4.99 Å². The Balaban J connectivity index is 1.71. The molecule has 37 heavy (non-hydrogen) atoms. The lowest BCUT2D eigenvalue weighted by Crippen LogP contribution is -2.20. The second kappa shape index (κ2) is 10.4. The Hall–Kier alpha value is -4.20. The van der Waals surface area contributed by atoms with Gasteiger partial charge in [0.05, 0.1) is 22.9 Å². The maximum atomic E-state index is 13.3. The molecule has 6 nitrogen and oxygen atoms in total. The Morgan fingerprint density at radius 2 is 1.70 bits per heavy atom. The molecule has 2 aromatic heterocycles. The number of hydrogen-bond donors (Lipinski definition) is 1. The van der Waals surface area contributed by atoms with E-state index in [2.05, 4.69) is 4.99 Å². The molecule has 0 spiro atoms. The molecule has 0 saturated heterocycles. The molecule has 0 radical (unpaired) electrons. The topological polar surface area (TPSA) is 80.9 Å². The predicted octanol–water partition coefficient (Wildman–Crippen LogP) is 7.01. The number of hydrogen-bond acceptors (Lipinski definition) is 6. The summed E-state index contributed by atoms with van der Waals surface area (Å²) in [5.74, 6) is -0.789. The van der Waals surface area contributed by atoms with Crippen LogP contribution in [0.25, 0.3) is 27.6 Å². The van der Waals surface area contributed by atoms with E-state index in [0.717, 1.165) is 5.56 Å². The summed E-state index contributed by atoms with van der Waals surface area (Å²) in [5.41, 5.74) is 2.18. The maximum Gasteiger partial charge on any atom is 0.341 e. The normalized spacial score (nSPS) is 11.3. The van der Waals surface area contributed by atoms with Gasteiger partial charge in [-0.25, -0.2) is 14.4 Å². The lowest BCUT2D eigenvalue weighted by atomic mass is 10.0. The number of carbonyl (C=O) groups is 1. The third-order valence-corrected chi connectivity index (χ3v) is 7.05. The van der Waals surface area contributed by atoms with E-state index in [1.165, 1.54) is 22.1 Å². The van der Waals surface area contributed by atoms with Gasteiger partial charge in [-0.3, -0.25) is 4.79 Å². The van der Waals surface area contributed by atoms with Crippen LogP contribution in [-0.2, 0) is 4.74 Å². The minimum atomic E-state index is -0.482. The SMILES string of the molecule is CCOC(=O)c1c(-c2ccccc2)csc1N=Cc1c(O)n(-c2ccccc2Cl)c(=O)c2ccccc12. The van der Waals surface area contributed by atoms with E-state index >= 15 is 0 Å². The molecule has 0 amide bonds. The molecule has 8 heteroatoms. The van der Waals surface area contributed by atoms with E-state index in [1.807, 2.05) is 35.7 Å². The van der Waals surface area contributed by atoms with Gasteiger partial charge in [0.1, 0.15) is 10.6 Å². The molecule has 0 aliphatic rings. The first-order valence-corrected chi connectivity index (χ1v) is 12.8. The Bertz CT molecular complexity index is 1710. The van der Waals surface area contributed by atoms with Crippen molar-refractivity contribution in [1.29, 1.82) is 0 Å². The molecule has 5 rings (SSSR count). The quantitative estimate of drug-likeness (QED) is 0.190. The van der Waals surface area contributed by atoms with Crippen molar-refractivity contribution in [2.75, 3.05) is 6.61 Å². The second-order valence-corrected chi connectivity index (χ2v) is 9.31. The molecular weight excluding hydrogens is 508 g/mol. The van der Waals surface area contributed by atoms with Crippen LogP contribution in [0.3, 0.4) is 0 Å². The monoisotopic (exact) mass is 528 g/mol. The van der Waals surface area contributed by atoms with E-state index in [4.69, 9.17) is 16.3 Å². The summed E-state index contributed by atoms with van der Waals surface area (Å²) >= 11 is 7.66. The molecule has 0 aliphatic carbocycles. The van der Waals surface area contributed by atoms with E-state index in [-0.39, 0.29) is 12.5 Å². The number of pyridine rings is 1. The molecule has 0 aliphatic heterocycles. The molecule has 0 fully saturated rings. The standard InChI is InChI=1S/C29H21ClN2O4S/c1-2-36-29(35)25-22(18-10-4-3-5-11-18)17-37-26(25)31-16-21-19-12-6-7-13-20(19)27(33)32(28(21)34)24-15-9-8-14-23(24)30/h3-17,34H,2H2,1H3. The Labute approximate surface area is 221 Å². The third-order valence-electron chi connectivity index (χ3n) is 5.84. The first kappa shape index (κ1) is 24.5. The number of nitrogens with zero attached hydrogens (tertiary/aromatic N) is 2. The van der Waals surface area contributed by atoms with Gasteiger partial charge in [-0.05, 0) is 30.7 Å². The molecule has 0 saturated carbocycles. The van der Waals surface area contributed by atoms with E-state index < -0.39 is 11.5 Å². The number of para-hydroxylation sites is 1. The highest BCUT2D eigenvalue weighted by atomic mass is 35.5. The van der Waals surface area contributed by atoms with Gasteiger partial charge in [-0.1, -0.05) is 72.3 Å². The summed E-state index contributed by atoms with van der Waals surface area (Å²) in [6, 6.07) is 23.3. The van der Waals surface area contributed by atoms with Crippen LogP contribution in [0.5, 0.6) is 5.88 Å². The number of esters is 1. The number of thiophene rings is 1. The molecule has 0 unspecified atom stereocenters. The summed E-state index contributed by atoms with van der Waals surface area (Å²) in [5, 5.41) is 14.8. The second-order valence-electron chi connectivity index (χ2n) is 8.05. The number of carbonyl (C=O) groups excluding carboxylic acids is 1. The highest BCUT2D eigenvalue weighted by molar-refractivity contribution is 7.14. The van der Waals surface area contributed by atoms with Crippen LogP contribution in [0.2, 0.25) is 5.02 Å². The predicted molar refractivity (Wildman–Crippen MR) is 149 cm³/mol. The van der Waals surface area contributed by atoms with Crippen LogP contribution < -0.4 is 5.56 Å². The molecular formula is C29H21ClN2O4S. The lowest BCUT2D eigenvalue weighted by molar-refractivity contribution is 0.0529. The van der Waals surface area contributed by atoms with E-state index in [0.29, 0.717) is 43.2 Å². The first-order valence-electron chi connectivity index (χ1n) is 11.5. The average molecular weight is 529 g/mol. The van der Waals surface area contributed by atoms with Crippen molar-refractivity contribution in [3.05, 3.63) is 111 Å². The Kier molecular flexibility index (Phi) is 6.90. The number of aromatic hydroxyl groups is 1. The van der Waals surface area contributed by atoms with Crippen LogP contribution in [0.4, 0.5) is 5.00 Å². The van der Waals surface area contributed by atoms with Gasteiger partial charge in [-0.2, -0.15) is 0 Å². The Morgan fingerprint density at radius 1 is 1.03 bits per heavy atom. The fourth-order valence-electron chi connectivity index (χ4n) is 4.14. The van der Waals surface area contributed by atoms with Crippen LogP contribution in [-0.4, -0.2) is 28.5 Å². The summed E-state index contributed by atoms with van der Waals surface area (Å²) in [4.78, 5) is 30.9. The zero-order valence-electron chi connectivity index (χ0n) is 19.7. The van der Waals surface area contributed by atoms with Crippen LogP contribution in [0.1, 0.15) is 22.8 Å². The molecule has 2 heterocycles. The summed E-state index contributed by atoms with van der Waals surface area (Å²) in [6.07, 6.45) is 1.47. The fourth-order valence-corrected chi connectivity index (χ4v) is 5.27. The van der Waals surface area contributed by atoms with Crippen molar-refractivity contribution in [1.82, 2.24) is 4.57 Å². The van der Waals surface area contributed by atoms with Crippen molar-refractivity contribution in [3.63, 3.8) is 0 Å². The molecule has 0 atom stereocenters. The first-order chi connectivity index (χ1) is 18.0. The minimum absolute atomic E-state index is 0.223. The summed E-state index contributed by atoms with van der Waals surface area (Å²) < 4.78 is 6.49. The average Bonchev–Trinajstić information content (AvgIpc) is 3.34. The van der Waals surface area contributed by atoms with Crippen LogP contribution in [0.15, 0.2) is 94.0 Å². The smallest absolute Gasteiger partial charge is 0.341 e. The lowest BCUT2D eigenvalue weighted by Gasteiger charge is -2.14. The van der Waals surface area contributed by atoms with Crippen molar-refractivity contribution >= 4 is 50.9 Å². The zero-order valence-corrected chi connectivity index (χ0v) is 21.3. The molecule has 1 N–H and O–H groups in total. The largest absolute Gasteiger partial charge is 0.494 e. The minimum Gasteiger partial charge on any atom is -0.494 e. The number of halogens is 1. The highest BCUT2D eigenvalue weighted by Crippen LogP contribution is 2.38. The van der Waals surface area contributed by atoms with Gasteiger partial charge >= 0.3 is 5.97 Å². The van der Waals surface area contributed by atoms with Gasteiger partial charge in [0.25, 0.3) is 5.56 Å². The number of aliphatic imine (C=N–C) groups is 1. The van der Waals surface area contributed by atoms with Crippen molar-refractivity contribution in [2.45, 2.75) is 6.92 Å². The van der Waals surface area contributed by atoms with Gasteiger partial charge in [0.15, 0.2) is 0 Å². The third kappa shape index (κ3) is 4.55. The number of benzene rings is 3. The number of fused-ring (bicyclic) bond motifs is 1. The molecule has 0 bridgehead atoms. The van der Waals surface area contributed by atoms with Gasteiger partial charge in [-0.15, -0.1) is 11.3 Å². The highest BCUT2D eigenvalue weighted by Gasteiger charge is 2.22. The van der Waals surface area contributed by atoms with Crippen LogP contribution >= 0.6 is 22.9 Å². The molecule has 184 valence electrons. The number of aromatic nitrogens is 1. The fraction of sp³-hybridized carbons (Fsp3) is 0.0690. The summed E-state index contributed by atoms with van der Waals surface area (Å²) in [7, 11) is 0.